The zero-order chi connectivity index (χ0) is 12.3. The van der Waals surface area contributed by atoms with Gasteiger partial charge in [0.25, 0.3) is 0 Å². The van der Waals surface area contributed by atoms with Crippen LogP contribution in [0, 0.1) is 18.3 Å². The Hall–Kier alpha value is -1.53. The van der Waals surface area contributed by atoms with E-state index in [-0.39, 0.29) is 0 Å². The highest BCUT2D eigenvalue weighted by molar-refractivity contribution is 5.62. The first-order chi connectivity index (χ1) is 8.20. The van der Waals surface area contributed by atoms with Gasteiger partial charge in [0.15, 0.2) is 0 Å². The first-order valence-electron chi connectivity index (χ1n) is 6.08. The molecule has 0 spiro atoms. The molecule has 1 heterocycles. The molecule has 1 aromatic rings. The number of nitrogens with zero attached hydrogens (tertiary/aromatic N) is 1. The van der Waals surface area contributed by atoms with Crippen molar-refractivity contribution in [2.75, 3.05) is 11.9 Å². The molecule has 0 aromatic heterocycles. The SMILES string of the molecule is Cc1cccc(C#N)c1NC1CCOC(C)C1. The minimum Gasteiger partial charge on any atom is -0.381 e. The molecule has 2 rings (SSSR count). The Morgan fingerprint density at radius 2 is 2.29 bits per heavy atom. The van der Waals surface area contributed by atoms with Gasteiger partial charge in [0.2, 0.25) is 0 Å². The van der Waals surface area contributed by atoms with E-state index in [0.29, 0.717) is 12.1 Å². The van der Waals surface area contributed by atoms with E-state index in [9.17, 15) is 0 Å². The number of hydrogen-bond acceptors (Lipinski definition) is 3. The molecule has 3 nitrogen and oxygen atoms in total. The number of rotatable bonds is 2. The quantitative estimate of drug-likeness (QED) is 0.849. The lowest BCUT2D eigenvalue weighted by Crippen LogP contribution is -2.32. The largest absolute Gasteiger partial charge is 0.381 e. The molecule has 0 radical (unpaired) electrons. The minimum atomic E-state index is 0.302. The molecule has 1 aliphatic rings. The molecule has 1 N–H and O–H groups in total. The molecule has 0 saturated carbocycles. The third kappa shape index (κ3) is 2.78. The molecule has 2 unspecified atom stereocenters. The lowest BCUT2D eigenvalue weighted by Gasteiger charge is -2.29. The van der Waals surface area contributed by atoms with Crippen molar-refractivity contribution >= 4 is 5.69 Å². The Morgan fingerprint density at radius 3 is 3.00 bits per heavy atom. The summed E-state index contributed by atoms with van der Waals surface area (Å²) in [5.41, 5.74) is 2.83. The molecule has 17 heavy (non-hydrogen) atoms. The topological polar surface area (TPSA) is 45.0 Å². The van der Waals surface area contributed by atoms with Crippen molar-refractivity contribution in [2.24, 2.45) is 0 Å². The zero-order valence-corrected chi connectivity index (χ0v) is 10.4. The molecule has 1 fully saturated rings. The molecule has 90 valence electrons. The van der Waals surface area contributed by atoms with Crippen molar-refractivity contribution in [1.29, 1.82) is 5.26 Å². The second-order valence-corrected chi connectivity index (χ2v) is 4.66. The number of ether oxygens (including phenoxy) is 1. The van der Waals surface area contributed by atoms with Crippen LogP contribution in [0.15, 0.2) is 18.2 Å². The minimum absolute atomic E-state index is 0.302. The summed E-state index contributed by atoms with van der Waals surface area (Å²) >= 11 is 0. The van der Waals surface area contributed by atoms with Gasteiger partial charge in [0.05, 0.1) is 17.4 Å². The third-order valence-electron chi connectivity index (χ3n) is 3.23. The van der Waals surface area contributed by atoms with E-state index >= 15 is 0 Å². The van der Waals surface area contributed by atoms with Crippen LogP contribution in [0.5, 0.6) is 0 Å². The summed E-state index contributed by atoms with van der Waals surface area (Å²) in [5, 5.41) is 12.6. The van der Waals surface area contributed by atoms with Crippen LogP contribution in [-0.4, -0.2) is 18.8 Å². The summed E-state index contributed by atoms with van der Waals surface area (Å²) in [6.07, 6.45) is 2.30. The lowest BCUT2D eigenvalue weighted by atomic mass is 10.0. The van der Waals surface area contributed by atoms with E-state index in [1.807, 2.05) is 25.1 Å². The number of para-hydroxylation sites is 1. The van der Waals surface area contributed by atoms with Gasteiger partial charge in [-0.3, -0.25) is 0 Å². The van der Waals surface area contributed by atoms with Crippen LogP contribution in [0.1, 0.15) is 30.9 Å². The number of nitriles is 1. The monoisotopic (exact) mass is 230 g/mol. The first-order valence-corrected chi connectivity index (χ1v) is 6.08. The molecule has 1 aromatic carbocycles. The Morgan fingerprint density at radius 1 is 1.47 bits per heavy atom. The van der Waals surface area contributed by atoms with Gasteiger partial charge in [0.1, 0.15) is 6.07 Å². The van der Waals surface area contributed by atoms with Crippen molar-refractivity contribution in [1.82, 2.24) is 0 Å². The van der Waals surface area contributed by atoms with Gasteiger partial charge < -0.3 is 10.1 Å². The highest BCUT2D eigenvalue weighted by Crippen LogP contribution is 2.24. The van der Waals surface area contributed by atoms with Crippen molar-refractivity contribution in [2.45, 2.75) is 38.8 Å². The van der Waals surface area contributed by atoms with Crippen molar-refractivity contribution in [3.63, 3.8) is 0 Å². The molecule has 2 atom stereocenters. The standard InChI is InChI=1S/C14H18N2O/c1-10-4-3-5-12(9-15)14(10)16-13-6-7-17-11(2)8-13/h3-5,11,13,16H,6-8H2,1-2H3. The van der Waals surface area contributed by atoms with E-state index in [2.05, 4.69) is 18.3 Å². The number of benzene rings is 1. The van der Waals surface area contributed by atoms with Crippen molar-refractivity contribution < 1.29 is 4.74 Å². The summed E-state index contributed by atoms with van der Waals surface area (Å²) in [7, 11) is 0. The van der Waals surface area contributed by atoms with Gasteiger partial charge in [-0.15, -0.1) is 0 Å². The number of anilines is 1. The fourth-order valence-electron chi connectivity index (χ4n) is 2.29. The van der Waals surface area contributed by atoms with E-state index in [1.165, 1.54) is 0 Å². The predicted octanol–water partition coefficient (Wildman–Crippen LogP) is 2.85. The van der Waals surface area contributed by atoms with E-state index in [4.69, 9.17) is 10.00 Å². The summed E-state index contributed by atoms with van der Waals surface area (Å²) in [6.45, 7) is 4.93. The van der Waals surface area contributed by atoms with Crippen LogP contribution < -0.4 is 5.32 Å². The van der Waals surface area contributed by atoms with Gasteiger partial charge in [-0.25, -0.2) is 0 Å². The summed E-state index contributed by atoms with van der Waals surface area (Å²) in [5.74, 6) is 0. The van der Waals surface area contributed by atoms with Gasteiger partial charge >= 0.3 is 0 Å². The lowest BCUT2D eigenvalue weighted by molar-refractivity contribution is 0.0232. The third-order valence-corrected chi connectivity index (χ3v) is 3.23. The highest BCUT2D eigenvalue weighted by atomic mass is 16.5. The summed E-state index contributed by atoms with van der Waals surface area (Å²) in [4.78, 5) is 0. The second-order valence-electron chi connectivity index (χ2n) is 4.66. The Balaban J connectivity index is 2.15. The second kappa shape index (κ2) is 5.20. The zero-order valence-electron chi connectivity index (χ0n) is 10.4. The normalized spacial score (nSPS) is 24.1. The van der Waals surface area contributed by atoms with Crippen molar-refractivity contribution in [3.05, 3.63) is 29.3 Å². The fraction of sp³-hybridized carbons (Fsp3) is 0.500. The molecule has 3 heteroatoms. The molecule has 0 bridgehead atoms. The first kappa shape index (κ1) is 11.9. The van der Waals surface area contributed by atoms with Gasteiger partial charge in [-0.1, -0.05) is 12.1 Å². The van der Waals surface area contributed by atoms with Gasteiger partial charge in [0, 0.05) is 12.6 Å². The molecule has 0 amide bonds. The van der Waals surface area contributed by atoms with Crippen LogP contribution in [0.2, 0.25) is 0 Å². The predicted molar refractivity (Wildman–Crippen MR) is 68.0 cm³/mol. The van der Waals surface area contributed by atoms with E-state index < -0.39 is 0 Å². The van der Waals surface area contributed by atoms with Gasteiger partial charge in [-0.05, 0) is 38.3 Å². The van der Waals surface area contributed by atoms with Crippen LogP contribution in [-0.2, 0) is 4.74 Å². The smallest absolute Gasteiger partial charge is 0.101 e. The molecular weight excluding hydrogens is 212 g/mol. The number of aryl methyl sites for hydroxylation is 1. The Kier molecular flexibility index (Phi) is 3.65. The van der Waals surface area contributed by atoms with Gasteiger partial charge in [-0.2, -0.15) is 5.26 Å². The van der Waals surface area contributed by atoms with Crippen LogP contribution in [0.25, 0.3) is 0 Å². The highest BCUT2D eigenvalue weighted by Gasteiger charge is 2.20. The van der Waals surface area contributed by atoms with Crippen molar-refractivity contribution in [3.8, 4) is 6.07 Å². The fourth-order valence-corrected chi connectivity index (χ4v) is 2.29. The maximum absolute atomic E-state index is 9.11. The number of nitrogens with one attached hydrogen (secondary N) is 1. The summed E-state index contributed by atoms with van der Waals surface area (Å²) in [6, 6.07) is 8.47. The molecular formula is C14H18N2O. The average Bonchev–Trinajstić information content (AvgIpc) is 2.32. The Labute approximate surface area is 102 Å². The summed E-state index contributed by atoms with van der Waals surface area (Å²) < 4.78 is 5.53. The van der Waals surface area contributed by atoms with Crippen LogP contribution in [0.3, 0.4) is 0 Å². The number of hydrogen-bond donors (Lipinski definition) is 1. The maximum atomic E-state index is 9.11. The average molecular weight is 230 g/mol. The van der Waals surface area contributed by atoms with E-state index in [0.717, 1.165) is 36.3 Å². The van der Waals surface area contributed by atoms with Crippen LogP contribution in [0.4, 0.5) is 5.69 Å². The molecule has 1 aliphatic heterocycles. The van der Waals surface area contributed by atoms with Crippen LogP contribution >= 0.6 is 0 Å². The Bertz CT molecular complexity index is 436. The van der Waals surface area contributed by atoms with E-state index in [1.54, 1.807) is 0 Å². The molecule has 0 aliphatic carbocycles. The maximum Gasteiger partial charge on any atom is 0.101 e. The molecule has 1 saturated heterocycles.